The predicted octanol–water partition coefficient (Wildman–Crippen LogP) is 4.56. The highest BCUT2D eigenvalue weighted by atomic mass is 19.1. The van der Waals surface area contributed by atoms with Gasteiger partial charge in [0.15, 0.2) is 5.78 Å². The molecule has 0 saturated carbocycles. The molecule has 4 rings (SSSR count). The minimum absolute atomic E-state index is 0.0665. The quantitative estimate of drug-likeness (QED) is 0.602. The zero-order valence-electron chi connectivity index (χ0n) is 14.7. The molecule has 0 spiro atoms. The summed E-state index contributed by atoms with van der Waals surface area (Å²) in [6.07, 6.45) is -0.445. The smallest absolute Gasteiger partial charge is 0.339 e. The van der Waals surface area contributed by atoms with Crippen LogP contribution in [0.15, 0.2) is 39.5 Å². The number of Topliss-reactive ketones (excluding diaryl/α,β-unsaturated/α-hetero) is 1. The maximum absolute atomic E-state index is 13.6. The Morgan fingerprint density at radius 1 is 1.08 bits per heavy atom. The fourth-order valence-corrected chi connectivity index (χ4v) is 3.52. The first-order chi connectivity index (χ1) is 12.4. The van der Waals surface area contributed by atoms with Crippen molar-refractivity contribution in [2.45, 2.75) is 33.3 Å². The summed E-state index contributed by atoms with van der Waals surface area (Å²) in [5.41, 5.74) is 2.99. The third-order valence-electron chi connectivity index (χ3n) is 5.02. The molecule has 0 amide bonds. The molecule has 0 N–H and O–H groups in total. The van der Waals surface area contributed by atoms with Crippen LogP contribution in [-0.2, 0) is 0 Å². The van der Waals surface area contributed by atoms with Gasteiger partial charge in [-0.25, -0.2) is 9.18 Å². The first-order valence-corrected chi connectivity index (χ1v) is 8.39. The predicted molar refractivity (Wildman–Crippen MR) is 95.4 cm³/mol. The minimum Gasteiger partial charge on any atom is -0.484 e. The van der Waals surface area contributed by atoms with E-state index in [1.165, 1.54) is 12.1 Å². The van der Waals surface area contributed by atoms with E-state index in [9.17, 15) is 14.0 Å². The molecule has 0 bridgehead atoms. The molecular weight excluding hydrogens is 335 g/mol. The van der Waals surface area contributed by atoms with Crippen LogP contribution < -0.4 is 10.4 Å². The van der Waals surface area contributed by atoms with Gasteiger partial charge in [0.05, 0.1) is 17.4 Å². The van der Waals surface area contributed by atoms with Gasteiger partial charge in [-0.1, -0.05) is 12.1 Å². The van der Waals surface area contributed by atoms with Crippen molar-refractivity contribution in [3.63, 3.8) is 0 Å². The van der Waals surface area contributed by atoms with Crippen LogP contribution in [0.25, 0.3) is 11.0 Å². The van der Waals surface area contributed by atoms with Crippen LogP contribution in [0.4, 0.5) is 4.39 Å². The molecule has 26 heavy (non-hydrogen) atoms. The Morgan fingerprint density at radius 2 is 1.85 bits per heavy atom. The number of ether oxygens (including phenoxy) is 1. The second-order valence-electron chi connectivity index (χ2n) is 6.70. The van der Waals surface area contributed by atoms with Gasteiger partial charge in [0.2, 0.25) is 0 Å². The summed E-state index contributed by atoms with van der Waals surface area (Å²) in [6.45, 7) is 5.28. The van der Waals surface area contributed by atoms with Crippen LogP contribution in [0.1, 0.15) is 45.1 Å². The van der Waals surface area contributed by atoms with Gasteiger partial charge in [0, 0.05) is 5.56 Å². The monoisotopic (exact) mass is 352 g/mol. The lowest BCUT2D eigenvalue weighted by Gasteiger charge is -2.28. The van der Waals surface area contributed by atoms with Crippen molar-refractivity contribution >= 4 is 16.8 Å². The highest BCUT2D eigenvalue weighted by molar-refractivity contribution is 6.07. The van der Waals surface area contributed by atoms with Crippen LogP contribution in [0.5, 0.6) is 5.75 Å². The van der Waals surface area contributed by atoms with Crippen molar-refractivity contribution in [1.82, 2.24) is 0 Å². The van der Waals surface area contributed by atoms with E-state index in [1.54, 1.807) is 32.0 Å². The van der Waals surface area contributed by atoms with Gasteiger partial charge in [0.1, 0.15) is 23.3 Å². The van der Waals surface area contributed by atoms with Crippen molar-refractivity contribution in [3.8, 4) is 5.75 Å². The molecule has 2 heterocycles. The topological polar surface area (TPSA) is 56.5 Å². The van der Waals surface area contributed by atoms with E-state index in [1.807, 2.05) is 6.92 Å². The van der Waals surface area contributed by atoms with E-state index in [0.29, 0.717) is 39.0 Å². The Labute approximate surface area is 149 Å². The normalized spacial score (nSPS) is 16.5. The SMILES string of the molecule is Cc1cc2oc(=O)c(C)c(C)c2c2c1C(=O)C[C@H](c1cccc(F)c1)O2. The van der Waals surface area contributed by atoms with E-state index in [0.717, 1.165) is 5.56 Å². The van der Waals surface area contributed by atoms with Gasteiger partial charge in [0.25, 0.3) is 0 Å². The van der Waals surface area contributed by atoms with Crippen LogP contribution >= 0.6 is 0 Å². The Hall–Kier alpha value is -2.95. The number of hydrogen-bond donors (Lipinski definition) is 0. The third kappa shape index (κ3) is 2.43. The first-order valence-electron chi connectivity index (χ1n) is 8.39. The molecule has 0 aliphatic carbocycles. The van der Waals surface area contributed by atoms with Crippen LogP contribution in [0.3, 0.4) is 0 Å². The van der Waals surface area contributed by atoms with Crippen molar-refractivity contribution in [3.05, 3.63) is 74.4 Å². The highest BCUT2D eigenvalue weighted by Gasteiger charge is 2.32. The van der Waals surface area contributed by atoms with E-state index in [-0.39, 0.29) is 18.0 Å². The zero-order valence-corrected chi connectivity index (χ0v) is 14.7. The molecule has 1 aliphatic rings. The molecule has 1 aliphatic heterocycles. The fourth-order valence-electron chi connectivity index (χ4n) is 3.52. The fraction of sp³-hybridized carbons (Fsp3) is 0.238. The summed E-state index contributed by atoms with van der Waals surface area (Å²) in [7, 11) is 0. The molecule has 5 heteroatoms. The van der Waals surface area contributed by atoms with Gasteiger partial charge >= 0.3 is 5.63 Å². The summed E-state index contributed by atoms with van der Waals surface area (Å²) in [4.78, 5) is 24.8. The van der Waals surface area contributed by atoms with Crippen LogP contribution in [0.2, 0.25) is 0 Å². The van der Waals surface area contributed by atoms with Crippen LogP contribution in [0, 0.1) is 26.6 Å². The Bertz CT molecular complexity index is 1130. The number of benzene rings is 2. The third-order valence-corrected chi connectivity index (χ3v) is 5.02. The summed E-state index contributed by atoms with van der Waals surface area (Å²) < 4.78 is 25.2. The van der Waals surface area contributed by atoms with E-state index >= 15 is 0 Å². The number of aryl methyl sites for hydroxylation is 2. The van der Waals surface area contributed by atoms with Crippen LogP contribution in [-0.4, -0.2) is 5.78 Å². The van der Waals surface area contributed by atoms with Gasteiger partial charge in [-0.05, 0) is 55.7 Å². The molecule has 132 valence electrons. The second kappa shape index (κ2) is 5.80. The number of carbonyl (C=O) groups is 1. The Kier molecular flexibility index (Phi) is 3.68. The Balaban J connectivity index is 1.98. The molecule has 1 aromatic heterocycles. The van der Waals surface area contributed by atoms with E-state index in [4.69, 9.17) is 9.15 Å². The number of halogens is 1. The summed E-state index contributed by atoms with van der Waals surface area (Å²) in [5.74, 6) is -0.0329. The second-order valence-corrected chi connectivity index (χ2v) is 6.70. The number of hydrogen-bond acceptors (Lipinski definition) is 4. The lowest BCUT2D eigenvalue weighted by Crippen LogP contribution is -2.22. The van der Waals surface area contributed by atoms with Crippen molar-refractivity contribution < 1.29 is 18.3 Å². The molecule has 4 nitrogen and oxygen atoms in total. The number of fused-ring (bicyclic) bond motifs is 3. The average molecular weight is 352 g/mol. The molecule has 0 saturated heterocycles. The summed E-state index contributed by atoms with van der Waals surface area (Å²) >= 11 is 0. The van der Waals surface area contributed by atoms with Gasteiger partial charge in [-0.3, -0.25) is 4.79 Å². The van der Waals surface area contributed by atoms with Gasteiger partial charge in [-0.2, -0.15) is 0 Å². The molecule has 0 radical (unpaired) electrons. The number of carbonyl (C=O) groups excluding carboxylic acids is 1. The van der Waals surface area contributed by atoms with E-state index in [2.05, 4.69) is 0 Å². The minimum atomic E-state index is -0.581. The van der Waals surface area contributed by atoms with Crippen molar-refractivity contribution in [2.24, 2.45) is 0 Å². The van der Waals surface area contributed by atoms with E-state index < -0.39 is 11.7 Å². The highest BCUT2D eigenvalue weighted by Crippen LogP contribution is 2.42. The van der Waals surface area contributed by atoms with Gasteiger partial charge < -0.3 is 9.15 Å². The zero-order chi connectivity index (χ0) is 18.6. The standard InChI is InChI=1S/C21H17FO4/c1-10-7-17-19(11(2)12(3)21(24)26-17)20-18(10)15(23)9-16(25-20)13-5-4-6-14(22)8-13/h4-8,16H,9H2,1-3H3/t16-/m1/s1. The largest absolute Gasteiger partial charge is 0.484 e. The number of ketones is 1. The Morgan fingerprint density at radius 3 is 2.58 bits per heavy atom. The maximum Gasteiger partial charge on any atom is 0.339 e. The number of rotatable bonds is 1. The first kappa shape index (κ1) is 16.5. The molecule has 2 aromatic carbocycles. The molecule has 0 fully saturated rings. The maximum atomic E-state index is 13.6. The average Bonchev–Trinajstić information content (AvgIpc) is 2.59. The molecule has 0 unspecified atom stereocenters. The molecule has 1 atom stereocenters. The van der Waals surface area contributed by atoms with Crippen molar-refractivity contribution in [1.29, 1.82) is 0 Å². The summed E-state index contributed by atoms with van der Waals surface area (Å²) in [5, 5.41) is 0.622. The molecular formula is C21H17FO4. The van der Waals surface area contributed by atoms with Gasteiger partial charge in [-0.15, -0.1) is 0 Å². The lowest BCUT2D eigenvalue weighted by atomic mass is 9.90. The van der Waals surface area contributed by atoms with Crippen molar-refractivity contribution in [2.75, 3.05) is 0 Å². The lowest BCUT2D eigenvalue weighted by molar-refractivity contribution is 0.0852. The molecule has 3 aromatic rings. The summed E-state index contributed by atoms with van der Waals surface area (Å²) in [6, 6.07) is 7.76.